The van der Waals surface area contributed by atoms with Crippen LogP contribution in [0.4, 0.5) is 0 Å². The summed E-state index contributed by atoms with van der Waals surface area (Å²) in [6.07, 6.45) is 6.00. The van der Waals surface area contributed by atoms with Gasteiger partial charge in [0, 0.05) is 11.4 Å². The second-order valence-corrected chi connectivity index (χ2v) is 13.0. The van der Waals surface area contributed by atoms with E-state index < -0.39 is 0 Å². The molecule has 1 aliphatic heterocycles. The summed E-state index contributed by atoms with van der Waals surface area (Å²) in [6.45, 7) is 14.8. The Bertz CT molecular complexity index is 1160. The van der Waals surface area contributed by atoms with Crippen LogP contribution in [0.1, 0.15) is 91.6 Å². The van der Waals surface area contributed by atoms with Crippen LogP contribution in [-0.2, 0) is 11.8 Å². The highest BCUT2D eigenvalue weighted by Crippen LogP contribution is 2.58. The molecule has 1 fully saturated rings. The Morgan fingerprint density at radius 1 is 1.24 bits per heavy atom. The van der Waals surface area contributed by atoms with Crippen molar-refractivity contribution in [2.45, 2.75) is 85.0 Å². The van der Waals surface area contributed by atoms with Crippen molar-refractivity contribution >= 4 is 22.7 Å². The molecule has 3 atom stereocenters. The van der Waals surface area contributed by atoms with Gasteiger partial charge in [0.2, 0.25) is 0 Å². The van der Waals surface area contributed by atoms with Gasteiger partial charge in [0.25, 0.3) is 0 Å². The molecule has 0 unspecified atom stereocenters. The van der Waals surface area contributed by atoms with Gasteiger partial charge in [-0.25, -0.2) is 4.98 Å². The predicted octanol–water partition coefficient (Wildman–Crippen LogP) is 7.16. The summed E-state index contributed by atoms with van der Waals surface area (Å²) < 4.78 is 0. The number of nitrogens with one attached hydrogen (secondary N) is 1. The number of aliphatic hydroxyl groups excluding tert-OH is 1. The third-order valence-electron chi connectivity index (χ3n) is 9.14. The van der Waals surface area contributed by atoms with Crippen molar-refractivity contribution in [2.24, 2.45) is 11.3 Å². The standard InChI is InChI=1S/C29H39N3OS/c1-17(2)20-8-10-22-21(14-20)9-11-24-28(5,12-7-13-29(22,24)6)16-32-15-23(33)25(26(32)30)27-31-18(3)19(4)34-27/h8,10,14,17,24,30,33H,7,9,11-13,15-16H2,1-6H3/t24-,28-,29+/m0/s1. The van der Waals surface area contributed by atoms with Gasteiger partial charge in [-0.1, -0.05) is 52.3 Å². The first kappa shape index (κ1) is 23.6. The topological polar surface area (TPSA) is 60.2 Å². The Balaban J connectivity index is 1.41. The summed E-state index contributed by atoms with van der Waals surface area (Å²) >= 11 is 1.58. The number of nitrogens with zero attached hydrogens (tertiary/aromatic N) is 2. The Labute approximate surface area is 208 Å². The van der Waals surface area contributed by atoms with Gasteiger partial charge in [-0.05, 0) is 78.9 Å². The van der Waals surface area contributed by atoms with Crippen LogP contribution in [0, 0.1) is 30.6 Å². The van der Waals surface area contributed by atoms with Crippen LogP contribution in [-0.4, -0.2) is 33.9 Å². The Hall–Kier alpha value is -2.14. The molecule has 3 aliphatic rings. The Kier molecular flexibility index (Phi) is 5.70. The molecular formula is C29H39N3OS. The number of aryl methyl sites for hydroxylation is 3. The molecule has 1 saturated carbocycles. The van der Waals surface area contributed by atoms with Gasteiger partial charge in [-0.15, -0.1) is 11.3 Å². The molecule has 2 aromatic rings. The predicted molar refractivity (Wildman–Crippen MR) is 142 cm³/mol. The van der Waals surface area contributed by atoms with Gasteiger partial charge in [-0.2, -0.15) is 0 Å². The normalized spacial score (nSPS) is 29.1. The van der Waals surface area contributed by atoms with Crippen LogP contribution in [0.2, 0.25) is 0 Å². The van der Waals surface area contributed by atoms with Gasteiger partial charge in [0.15, 0.2) is 0 Å². The quantitative estimate of drug-likeness (QED) is 0.491. The summed E-state index contributed by atoms with van der Waals surface area (Å²) in [4.78, 5) is 7.91. The lowest BCUT2D eigenvalue weighted by Crippen LogP contribution is -2.53. The summed E-state index contributed by atoms with van der Waals surface area (Å²) in [7, 11) is 0. The number of hydrogen-bond acceptors (Lipinski definition) is 4. The molecule has 1 aromatic carbocycles. The second-order valence-electron chi connectivity index (χ2n) is 11.8. The van der Waals surface area contributed by atoms with E-state index >= 15 is 0 Å². The molecule has 2 aliphatic carbocycles. The van der Waals surface area contributed by atoms with Crippen molar-refractivity contribution in [3.8, 4) is 0 Å². The van der Waals surface area contributed by atoms with Crippen molar-refractivity contribution in [2.75, 3.05) is 13.1 Å². The van der Waals surface area contributed by atoms with Crippen molar-refractivity contribution in [1.29, 1.82) is 5.41 Å². The van der Waals surface area contributed by atoms with Crippen LogP contribution in [0.15, 0.2) is 24.0 Å². The minimum absolute atomic E-state index is 0.109. The van der Waals surface area contributed by atoms with Gasteiger partial charge in [0.05, 0.1) is 17.8 Å². The molecule has 0 spiro atoms. The number of thiazole rings is 1. The van der Waals surface area contributed by atoms with E-state index in [0.29, 0.717) is 35.5 Å². The smallest absolute Gasteiger partial charge is 0.135 e. The highest BCUT2D eigenvalue weighted by molar-refractivity contribution is 7.13. The van der Waals surface area contributed by atoms with Crippen molar-refractivity contribution in [3.05, 3.63) is 56.2 Å². The molecule has 0 bridgehead atoms. The number of hydrogen-bond donors (Lipinski definition) is 2. The first-order valence-corrected chi connectivity index (χ1v) is 13.7. The Morgan fingerprint density at radius 3 is 2.68 bits per heavy atom. The van der Waals surface area contributed by atoms with Crippen molar-refractivity contribution in [3.63, 3.8) is 0 Å². The monoisotopic (exact) mass is 477 g/mol. The molecule has 2 heterocycles. The number of rotatable bonds is 4. The minimum Gasteiger partial charge on any atom is -0.510 e. The van der Waals surface area contributed by atoms with Gasteiger partial charge >= 0.3 is 0 Å². The van der Waals surface area contributed by atoms with E-state index in [1.165, 1.54) is 31.2 Å². The lowest BCUT2D eigenvalue weighted by Gasteiger charge is -2.56. The maximum absolute atomic E-state index is 10.8. The van der Waals surface area contributed by atoms with E-state index in [1.54, 1.807) is 22.5 Å². The van der Waals surface area contributed by atoms with Gasteiger partial charge < -0.3 is 10.0 Å². The third-order valence-corrected chi connectivity index (χ3v) is 10.2. The van der Waals surface area contributed by atoms with E-state index in [2.05, 4.69) is 62.7 Å². The highest BCUT2D eigenvalue weighted by atomic mass is 32.1. The zero-order valence-electron chi connectivity index (χ0n) is 21.6. The van der Waals surface area contributed by atoms with E-state index in [4.69, 9.17) is 5.41 Å². The van der Waals surface area contributed by atoms with Crippen LogP contribution in [0.3, 0.4) is 0 Å². The summed E-state index contributed by atoms with van der Waals surface area (Å²) in [5.74, 6) is 1.89. The first-order valence-electron chi connectivity index (χ1n) is 12.9. The molecule has 34 heavy (non-hydrogen) atoms. The molecule has 0 saturated heterocycles. The number of aliphatic hydroxyl groups is 1. The number of aromatic nitrogens is 1. The molecule has 4 nitrogen and oxygen atoms in total. The fraction of sp³-hybridized carbons (Fsp3) is 0.586. The number of fused-ring (bicyclic) bond motifs is 3. The van der Waals surface area contributed by atoms with Crippen molar-refractivity contribution in [1.82, 2.24) is 9.88 Å². The average Bonchev–Trinajstić information content (AvgIpc) is 3.24. The zero-order valence-corrected chi connectivity index (χ0v) is 22.4. The van der Waals surface area contributed by atoms with E-state index in [0.717, 1.165) is 28.5 Å². The molecule has 1 aromatic heterocycles. The van der Waals surface area contributed by atoms with Crippen LogP contribution in [0.25, 0.3) is 5.57 Å². The lowest BCUT2D eigenvalue weighted by molar-refractivity contribution is 0.0108. The molecule has 2 N–H and O–H groups in total. The molecule has 5 heteroatoms. The summed E-state index contributed by atoms with van der Waals surface area (Å²) in [5.41, 5.74) is 6.48. The van der Waals surface area contributed by atoms with Crippen LogP contribution < -0.4 is 0 Å². The molecule has 0 radical (unpaired) electrons. The Morgan fingerprint density at radius 2 is 2.00 bits per heavy atom. The van der Waals surface area contributed by atoms with Gasteiger partial charge in [0.1, 0.15) is 16.6 Å². The summed E-state index contributed by atoms with van der Waals surface area (Å²) in [6, 6.07) is 7.25. The minimum atomic E-state index is 0.109. The molecular weight excluding hydrogens is 438 g/mol. The number of amidine groups is 1. The first-order chi connectivity index (χ1) is 16.0. The molecule has 5 rings (SSSR count). The van der Waals surface area contributed by atoms with E-state index in [-0.39, 0.29) is 10.8 Å². The zero-order chi connectivity index (χ0) is 24.4. The van der Waals surface area contributed by atoms with Crippen molar-refractivity contribution < 1.29 is 5.11 Å². The fourth-order valence-electron chi connectivity index (χ4n) is 7.20. The van der Waals surface area contributed by atoms with Crippen LogP contribution >= 0.6 is 11.3 Å². The fourth-order valence-corrected chi connectivity index (χ4v) is 8.18. The number of benzene rings is 1. The average molecular weight is 478 g/mol. The highest BCUT2D eigenvalue weighted by Gasteiger charge is 2.52. The van der Waals surface area contributed by atoms with Crippen LogP contribution in [0.5, 0.6) is 0 Å². The maximum atomic E-state index is 10.8. The van der Waals surface area contributed by atoms with E-state index in [1.807, 2.05) is 6.92 Å². The third kappa shape index (κ3) is 3.62. The summed E-state index contributed by atoms with van der Waals surface area (Å²) in [5, 5.41) is 20.6. The van der Waals surface area contributed by atoms with E-state index in [9.17, 15) is 5.11 Å². The molecule has 0 amide bonds. The lowest BCUT2D eigenvalue weighted by atomic mass is 9.49. The maximum Gasteiger partial charge on any atom is 0.135 e. The SMILES string of the molecule is Cc1nc(C2=C(O)CN(C[C@]3(C)CCC[C@]4(C)c5ccc(C(C)C)cc5CC[C@@H]34)C2=N)sc1C. The van der Waals surface area contributed by atoms with Gasteiger partial charge in [-0.3, -0.25) is 5.41 Å². The largest absolute Gasteiger partial charge is 0.510 e. The molecule has 182 valence electrons. The second kappa shape index (κ2) is 8.22.